The average molecular weight is 255 g/mol. The Morgan fingerprint density at radius 3 is 2.88 bits per heavy atom. The monoisotopic (exact) mass is 255 g/mol. The highest BCUT2D eigenvalue weighted by Gasteiger charge is 2.23. The Morgan fingerprint density at radius 1 is 1.53 bits per heavy atom. The molecular weight excluding hydrogens is 238 g/mol. The van der Waals surface area contributed by atoms with E-state index in [4.69, 9.17) is 9.47 Å². The largest absolute Gasteiger partial charge is 0.462 e. The van der Waals surface area contributed by atoms with Gasteiger partial charge in [-0.1, -0.05) is 0 Å². The first-order valence-electron chi connectivity index (χ1n) is 5.94. The summed E-state index contributed by atoms with van der Waals surface area (Å²) < 4.78 is 10.3. The molecule has 5 heteroatoms. The van der Waals surface area contributed by atoms with Crippen LogP contribution in [0.2, 0.25) is 0 Å². The van der Waals surface area contributed by atoms with Crippen LogP contribution < -0.4 is 0 Å². The highest BCUT2D eigenvalue weighted by molar-refractivity contribution is 7.13. The molecule has 0 amide bonds. The maximum atomic E-state index is 11.7. The summed E-state index contributed by atoms with van der Waals surface area (Å²) in [4.78, 5) is 16.8. The number of aromatic nitrogens is 1. The summed E-state index contributed by atoms with van der Waals surface area (Å²) in [5.41, 5.74) is 0.787. The summed E-state index contributed by atoms with van der Waals surface area (Å²) in [5.74, 6) is 0.191. The number of hydrogen-bond donors (Lipinski definition) is 0. The molecule has 0 aromatic carbocycles. The van der Waals surface area contributed by atoms with Gasteiger partial charge in [-0.3, -0.25) is 0 Å². The molecule has 1 fully saturated rings. The van der Waals surface area contributed by atoms with Gasteiger partial charge in [0.05, 0.1) is 17.3 Å². The van der Waals surface area contributed by atoms with E-state index >= 15 is 0 Å². The molecule has 0 aliphatic carbocycles. The lowest BCUT2D eigenvalue weighted by Gasteiger charge is -2.19. The van der Waals surface area contributed by atoms with Crippen molar-refractivity contribution in [3.8, 4) is 0 Å². The quantitative estimate of drug-likeness (QED) is 0.779. The van der Waals surface area contributed by atoms with Crippen LogP contribution in [0.1, 0.15) is 46.1 Å². The van der Waals surface area contributed by atoms with Crippen molar-refractivity contribution in [2.45, 2.75) is 32.6 Å². The Morgan fingerprint density at radius 2 is 2.24 bits per heavy atom. The maximum absolute atomic E-state index is 11.7. The van der Waals surface area contributed by atoms with Crippen molar-refractivity contribution in [1.29, 1.82) is 0 Å². The molecule has 2 heterocycles. The molecule has 1 aliphatic heterocycles. The fourth-order valence-electron chi connectivity index (χ4n) is 1.92. The van der Waals surface area contributed by atoms with E-state index in [1.165, 1.54) is 11.3 Å². The zero-order valence-electron chi connectivity index (χ0n) is 10.2. The van der Waals surface area contributed by atoms with Crippen molar-refractivity contribution in [2.24, 2.45) is 0 Å². The molecule has 0 atom stereocenters. The van der Waals surface area contributed by atoms with Gasteiger partial charge in [0.15, 0.2) is 0 Å². The number of carbonyl (C=O) groups is 1. The number of thiazole rings is 1. The molecule has 0 N–H and O–H groups in total. The SMILES string of the molecule is CCOC(=O)c1sc(C2CCOCC2)nc1C. The Balaban J connectivity index is 2.14. The third-order valence-electron chi connectivity index (χ3n) is 2.84. The zero-order chi connectivity index (χ0) is 12.3. The number of esters is 1. The highest BCUT2D eigenvalue weighted by Crippen LogP contribution is 2.32. The van der Waals surface area contributed by atoms with Crippen LogP contribution in [0.25, 0.3) is 0 Å². The number of carbonyl (C=O) groups excluding carboxylic acids is 1. The van der Waals surface area contributed by atoms with Crippen molar-refractivity contribution < 1.29 is 14.3 Å². The summed E-state index contributed by atoms with van der Waals surface area (Å²) in [5, 5.41) is 1.05. The van der Waals surface area contributed by atoms with Crippen molar-refractivity contribution in [2.75, 3.05) is 19.8 Å². The van der Waals surface area contributed by atoms with Crippen LogP contribution >= 0.6 is 11.3 Å². The first-order valence-corrected chi connectivity index (χ1v) is 6.76. The number of aryl methyl sites for hydroxylation is 1. The summed E-state index contributed by atoms with van der Waals surface area (Å²) in [6, 6.07) is 0. The van der Waals surface area contributed by atoms with E-state index in [1.54, 1.807) is 0 Å². The van der Waals surface area contributed by atoms with Gasteiger partial charge in [0.25, 0.3) is 0 Å². The molecule has 0 saturated carbocycles. The number of rotatable bonds is 3. The predicted octanol–water partition coefficient (Wildman–Crippen LogP) is 2.52. The molecule has 2 rings (SSSR count). The Hall–Kier alpha value is -0.940. The number of nitrogens with zero attached hydrogens (tertiary/aromatic N) is 1. The predicted molar refractivity (Wildman–Crippen MR) is 65.6 cm³/mol. The smallest absolute Gasteiger partial charge is 0.350 e. The van der Waals surface area contributed by atoms with Crippen LogP contribution in [0.4, 0.5) is 0 Å². The maximum Gasteiger partial charge on any atom is 0.350 e. The van der Waals surface area contributed by atoms with Crippen molar-refractivity contribution in [3.05, 3.63) is 15.6 Å². The lowest BCUT2D eigenvalue weighted by molar-refractivity contribution is 0.0531. The molecule has 0 spiro atoms. The first kappa shape index (κ1) is 12.5. The second-order valence-corrected chi connectivity index (χ2v) is 5.10. The van der Waals surface area contributed by atoms with E-state index in [0.29, 0.717) is 17.4 Å². The van der Waals surface area contributed by atoms with Crippen molar-refractivity contribution in [3.63, 3.8) is 0 Å². The number of hydrogen-bond acceptors (Lipinski definition) is 5. The zero-order valence-corrected chi connectivity index (χ0v) is 11.0. The van der Waals surface area contributed by atoms with E-state index in [0.717, 1.165) is 36.8 Å². The summed E-state index contributed by atoms with van der Waals surface area (Å²) >= 11 is 1.47. The molecular formula is C12H17NO3S. The van der Waals surface area contributed by atoms with Crippen LogP contribution in [0, 0.1) is 6.92 Å². The van der Waals surface area contributed by atoms with E-state index < -0.39 is 0 Å². The van der Waals surface area contributed by atoms with Gasteiger partial charge in [-0.05, 0) is 26.7 Å². The van der Waals surface area contributed by atoms with Crippen LogP contribution in [0.15, 0.2) is 0 Å². The molecule has 1 aliphatic rings. The number of ether oxygens (including phenoxy) is 2. The second-order valence-electron chi connectivity index (χ2n) is 4.07. The minimum absolute atomic E-state index is 0.249. The normalized spacial score (nSPS) is 17.1. The Bertz CT molecular complexity index is 396. The van der Waals surface area contributed by atoms with E-state index in [2.05, 4.69) is 4.98 Å². The molecule has 0 radical (unpaired) electrons. The van der Waals surface area contributed by atoms with Gasteiger partial charge in [0, 0.05) is 19.1 Å². The Kier molecular flexibility index (Phi) is 4.12. The van der Waals surface area contributed by atoms with Gasteiger partial charge < -0.3 is 9.47 Å². The molecule has 0 bridgehead atoms. The van der Waals surface area contributed by atoms with Crippen molar-refractivity contribution in [1.82, 2.24) is 4.98 Å². The summed E-state index contributed by atoms with van der Waals surface area (Å²) in [6.45, 7) is 5.66. The van der Waals surface area contributed by atoms with Crippen LogP contribution in [0.3, 0.4) is 0 Å². The van der Waals surface area contributed by atoms with E-state index in [1.807, 2.05) is 13.8 Å². The van der Waals surface area contributed by atoms with Crippen molar-refractivity contribution >= 4 is 17.3 Å². The van der Waals surface area contributed by atoms with E-state index in [9.17, 15) is 4.79 Å². The van der Waals surface area contributed by atoms with Gasteiger partial charge in [-0.2, -0.15) is 0 Å². The molecule has 1 saturated heterocycles. The van der Waals surface area contributed by atoms with Gasteiger partial charge in [0.2, 0.25) is 0 Å². The molecule has 94 valence electrons. The third kappa shape index (κ3) is 2.84. The lowest BCUT2D eigenvalue weighted by Crippen LogP contribution is -2.13. The van der Waals surface area contributed by atoms with Gasteiger partial charge in [-0.15, -0.1) is 11.3 Å². The van der Waals surface area contributed by atoms with Gasteiger partial charge in [0.1, 0.15) is 4.88 Å². The molecule has 1 aromatic heterocycles. The summed E-state index contributed by atoms with van der Waals surface area (Å²) in [6.07, 6.45) is 1.99. The lowest BCUT2D eigenvalue weighted by atomic mass is 10.0. The Labute approximate surface area is 105 Å². The second kappa shape index (κ2) is 5.60. The topological polar surface area (TPSA) is 48.4 Å². The minimum atomic E-state index is -0.249. The molecule has 1 aromatic rings. The third-order valence-corrected chi connectivity index (χ3v) is 4.14. The molecule has 17 heavy (non-hydrogen) atoms. The highest BCUT2D eigenvalue weighted by atomic mass is 32.1. The van der Waals surface area contributed by atoms with Gasteiger partial charge >= 0.3 is 5.97 Å². The van der Waals surface area contributed by atoms with Crippen LogP contribution in [-0.4, -0.2) is 30.8 Å². The standard InChI is InChI=1S/C12H17NO3S/c1-3-16-12(14)10-8(2)13-11(17-10)9-4-6-15-7-5-9/h9H,3-7H2,1-2H3. The van der Waals surface area contributed by atoms with Crippen LogP contribution in [0.5, 0.6) is 0 Å². The fraction of sp³-hybridized carbons (Fsp3) is 0.667. The van der Waals surface area contributed by atoms with Crippen LogP contribution in [-0.2, 0) is 9.47 Å². The average Bonchev–Trinajstić information content (AvgIpc) is 2.73. The fourth-order valence-corrected chi connectivity index (χ4v) is 3.05. The minimum Gasteiger partial charge on any atom is -0.462 e. The first-order chi connectivity index (χ1) is 8.22. The molecule has 4 nitrogen and oxygen atoms in total. The molecule has 0 unspecified atom stereocenters. The van der Waals surface area contributed by atoms with Gasteiger partial charge in [-0.25, -0.2) is 9.78 Å². The summed E-state index contributed by atoms with van der Waals surface area (Å²) in [7, 11) is 0. The van der Waals surface area contributed by atoms with E-state index in [-0.39, 0.29) is 5.97 Å².